The summed E-state index contributed by atoms with van der Waals surface area (Å²) in [5.41, 5.74) is 0.417. The number of carbonyl (C=O) groups excluding carboxylic acids is 5. The summed E-state index contributed by atoms with van der Waals surface area (Å²) < 4.78 is 27.4. The number of hydrogen-bond acceptors (Lipinski definition) is 10. The average Bonchev–Trinajstić information content (AvgIpc) is 2.70. The highest BCUT2D eigenvalue weighted by Crippen LogP contribution is 2.29. The van der Waals surface area contributed by atoms with Gasteiger partial charge in [-0.2, -0.15) is 0 Å². The van der Waals surface area contributed by atoms with Crippen LogP contribution in [-0.2, 0) is 38.1 Å². The van der Waals surface area contributed by atoms with Crippen LogP contribution in [0.25, 0.3) is 0 Å². The molecule has 0 radical (unpaired) electrons. The average molecular weight is 451 g/mol. The van der Waals surface area contributed by atoms with Gasteiger partial charge in [0.1, 0.15) is 30.8 Å². The summed E-state index contributed by atoms with van der Waals surface area (Å²) in [7, 11) is 0. The zero-order valence-corrected chi connectivity index (χ0v) is 18.1. The molecule has 5 atom stereocenters. The number of benzene rings is 1. The molecule has 1 aromatic rings. The molecule has 0 unspecified atom stereocenters. The van der Waals surface area contributed by atoms with Gasteiger partial charge in [0.05, 0.1) is 0 Å². The van der Waals surface area contributed by atoms with E-state index in [1.165, 1.54) is 38.1 Å². The summed E-state index contributed by atoms with van der Waals surface area (Å²) in [6.07, 6.45) is -4.05. The van der Waals surface area contributed by atoms with Crippen LogP contribution in [-0.4, -0.2) is 67.4 Å². The van der Waals surface area contributed by atoms with Crippen molar-refractivity contribution in [3.05, 3.63) is 29.8 Å². The Morgan fingerprint density at radius 2 is 1.53 bits per heavy atom. The first-order valence-electron chi connectivity index (χ1n) is 9.73. The Balaban J connectivity index is 2.43. The largest absolute Gasteiger partial charge is 0.463 e. The van der Waals surface area contributed by atoms with Crippen molar-refractivity contribution in [2.75, 3.05) is 6.61 Å². The molecule has 0 aromatic heterocycles. The maximum absolute atomic E-state index is 11.9. The van der Waals surface area contributed by atoms with Gasteiger partial charge in [0.2, 0.25) is 12.2 Å². The summed E-state index contributed by atoms with van der Waals surface area (Å²) >= 11 is 0. The number of hydrogen-bond donors (Lipinski definition) is 1. The topological polar surface area (TPSA) is 144 Å². The fraction of sp³-hybridized carbons (Fsp3) is 0.476. The lowest BCUT2D eigenvalue weighted by Crippen LogP contribution is -2.67. The highest BCUT2D eigenvalue weighted by atomic mass is 16.7. The van der Waals surface area contributed by atoms with Gasteiger partial charge >= 0.3 is 17.9 Å². The van der Waals surface area contributed by atoms with Crippen LogP contribution in [0.5, 0.6) is 5.75 Å². The first kappa shape index (κ1) is 24.8. The van der Waals surface area contributed by atoms with Crippen LogP contribution in [0.2, 0.25) is 0 Å². The van der Waals surface area contributed by atoms with Crippen LogP contribution >= 0.6 is 0 Å². The molecule has 1 heterocycles. The lowest BCUT2D eigenvalue weighted by molar-refractivity contribution is -0.257. The minimum absolute atomic E-state index is 0.287. The quantitative estimate of drug-likeness (QED) is 0.338. The van der Waals surface area contributed by atoms with E-state index >= 15 is 0 Å². The van der Waals surface area contributed by atoms with Gasteiger partial charge in [0.15, 0.2) is 12.2 Å². The molecule has 0 bridgehead atoms. The Bertz CT molecular complexity index is 853. The van der Waals surface area contributed by atoms with E-state index < -0.39 is 54.5 Å². The number of ether oxygens (including phenoxy) is 5. The maximum atomic E-state index is 11.9. The van der Waals surface area contributed by atoms with Crippen LogP contribution in [0.4, 0.5) is 0 Å². The minimum Gasteiger partial charge on any atom is -0.463 e. The fourth-order valence-corrected chi connectivity index (χ4v) is 3.15. The Kier molecular flexibility index (Phi) is 8.71. The maximum Gasteiger partial charge on any atom is 0.303 e. The molecule has 1 aliphatic rings. The molecule has 1 amide bonds. The second-order valence-corrected chi connectivity index (χ2v) is 7.02. The second-order valence-electron chi connectivity index (χ2n) is 7.02. The van der Waals surface area contributed by atoms with Crippen molar-refractivity contribution in [1.29, 1.82) is 0 Å². The van der Waals surface area contributed by atoms with Gasteiger partial charge in [0, 0.05) is 33.3 Å². The Hall–Kier alpha value is -3.47. The van der Waals surface area contributed by atoms with E-state index in [9.17, 15) is 24.0 Å². The third-order valence-corrected chi connectivity index (χ3v) is 4.34. The number of amides is 1. The van der Waals surface area contributed by atoms with Crippen molar-refractivity contribution in [1.82, 2.24) is 5.32 Å². The third-order valence-electron chi connectivity index (χ3n) is 4.34. The van der Waals surface area contributed by atoms with E-state index in [0.29, 0.717) is 11.8 Å². The number of nitrogens with one attached hydrogen (secondary N) is 1. The van der Waals surface area contributed by atoms with Crippen molar-refractivity contribution in [2.24, 2.45) is 0 Å². The van der Waals surface area contributed by atoms with Crippen molar-refractivity contribution >= 4 is 30.1 Å². The molecule has 11 heteroatoms. The van der Waals surface area contributed by atoms with Gasteiger partial charge < -0.3 is 29.0 Å². The predicted octanol–water partition coefficient (Wildman–Crippen LogP) is 0.534. The standard InChI is InChI=1S/C21H25NO10/c1-11(24)22-18-20(30-14(4)27)19(29-13(3)26)17(10-28-12(2)25)32-21(18)31-16-7-5-15(9-23)6-8-16/h5-9,17-21H,10H2,1-4H3,(H,22,24)/t17-,18+,19-,20-,21-/m1/s1. The zero-order chi connectivity index (χ0) is 23.8. The number of esters is 3. The summed E-state index contributed by atoms with van der Waals surface area (Å²) in [4.78, 5) is 57.6. The molecule has 0 saturated carbocycles. The van der Waals surface area contributed by atoms with Crippen LogP contribution in [0, 0.1) is 0 Å². The predicted molar refractivity (Wildman–Crippen MR) is 106 cm³/mol. The van der Waals surface area contributed by atoms with Crippen LogP contribution in [0.15, 0.2) is 24.3 Å². The van der Waals surface area contributed by atoms with Crippen molar-refractivity contribution in [2.45, 2.75) is 58.3 Å². The molecule has 32 heavy (non-hydrogen) atoms. The summed E-state index contributed by atoms with van der Waals surface area (Å²) in [6, 6.07) is 4.97. The molecule has 2 rings (SSSR count). The summed E-state index contributed by atoms with van der Waals surface area (Å²) in [5.74, 6) is -2.21. The third kappa shape index (κ3) is 7.05. The lowest BCUT2D eigenvalue weighted by Gasteiger charge is -2.44. The second kappa shape index (κ2) is 11.2. The SMILES string of the molecule is CC(=O)N[C@@H]1[C@H](Oc2ccc(C=O)cc2)O[C@H](COC(C)=O)[C@@H](OC(C)=O)[C@@H]1OC(C)=O. The zero-order valence-electron chi connectivity index (χ0n) is 18.1. The van der Waals surface area contributed by atoms with Crippen LogP contribution < -0.4 is 10.1 Å². The van der Waals surface area contributed by atoms with Gasteiger partial charge in [-0.1, -0.05) is 0 Å². The molecule has 0 aliphatic carbocycles. The van der Waals surface area contributed by atoms with E-state index in [0.717, 1.165) is 13.8 Å². The Labute approximate surface area is 184 Å². The van der Waals surface area contributed by atoms with Gasteiger partial charge in [-0.05, 0) is 24.3 Å². The van der Waals surface area contributed by atoms with Crippen molar-refractivity contribution in [3.63, 3.8) is 0 Å². The molecule has 1 saturated heterocycles. The van der Waals surface area contributed by atoms with Crippen LogP contribution in [0.3, 0.4) is 0 Å². The van der Waals surface area contributed by atoms with Gasteiger partial charge in [-0.3, -0.25) is 24.0 Å². The first-order chi connectivity index (χ1) is 15.1. The van der Waals surface area contributed by atoms with E-state index in [1.807, 2.05) is 0 Å². The Morgan fingerprint density at radius 3 is 2.03 bits per heavy atom. The first-order valence-corrected chi connectivity index (χ1v) is 9.73. The summed E-state index contributed by atoms with van der Waals surface area (Å²) in [5, 5.41) is 2.60. The molecule has 1 aliphatic heterocycles. The number of rotatable bonds is 8. The van der Waals surface area contributed by atoms with Crippen molar-refractivity contribution < 1.29 is 47.7 Å². The number of aldehydes is 1. The molecular weight excluding hydrogens is 426 g/mol. The summed E-state index contributed by atoms with van der Waals surface area (Å²) in [6.45, 7) is 4.41. The van der Waals surface area contributed by atoms with E-state index in [-0.39, 0.29) is 12.4 Å². The fourth-order valence-electron chi connectivity index (χ4n) is 3.15. The van der Waals surface area contributed by atoms with E-state index in [2.05, 4.69) is 5.32 Å². The molecular formula is C21H25NO10. The molecule has 1 fully saturated rings. The Morgan fingerprint density at radius 1 is 0.938 bits per heavy atom. The molecule has 11 nitrogen and oxygen atoms in total. The van der Waals surface area contributed by atoms with E-state index in [1.54, 1.807) is 0 Å². The molecule has 1 aromatic carbocycles. The minimum atomic E-state index is -1.22. The van der Waals surface area contributed by atoms with Gasteiger partial charge in [-0.15, -0.1) is 0 Å². The highest BCUT2D eigenvalue weighted by Gasteiger charge is 2.51. The van der Waals surface area contributed by atoms with Crippen LogP contribution in [0.1, 0.15) is 38.1 Å². The van der Waals surface area contributed by atoms with E-state index in [4.69, 9.17) is 23.7 Å². The van der Waals surface area contributed by atoms with Crippen molar-refractivity contribution in [3.8, 4) is 5.75 Å². The number of carbonyl (C=O) groups is 5. The molecule has 1 N–H and O–H groups in total. The van der Waals surface area contributed by atoms with Gasteiger partial charge in [-0.25, -0.2) is 0 Å². The highest BCUT2D eigenvalue weighted by molar-refractivity contribution is 5.75. The molecule has 174 valence electrons. The molecule has 0 spiro atoms. The normalized spacial score (nSPS) is 24.6. The monoisotopic (exact) mass is 451 g/mol. The van der Waals surface area contributed by atoms with Gasteiger partial charge in [0.25, 0.3) is 0 Å². The smallest absolute Gasteiger partial charge is 0.303 e. The lowest BCUT2D eigenvalue weighted by atomic mass is 9.96.